The lowest BCUT2D eigenvalue weighted by Crippen LogP contribution is -2.02. The van der Waals surface area contributed by atoms with Gasteiger partial charge in [-0.15, -0.1) is 0 Å². The van der Waals surface area contributed by atoms with Crippen LogP contribution in [0.3, 0.4) is 0 Å². The van der Waals surface area contributed by atoms with E-state index in [1.807, 2.05) is 23.7 Å². The van der Waals surface area contributed by atoms with Gasteiger partial charge in [0.2, 0.25) is 0 Å². The molecule has 3 heterocycles. The van der Waals surface area contributed by atoms with E-state index in [9.17, 15) is 0 Å². The molecular weight excluding hydrogens is 312 g/mol. The van der Waals surface area contributed by atoms with Crippen molar-refractivity contribution in [1.82, 2.24) is 24.5 Å². The highest BCUT2D eigenvalue weighted by Crippen LogP contribution is 2.27. The van der Waals surface area contributed by atoms with Crippen molar-refractivity contribution in [1.29, 1.82) is 0 Å². The number of nitrogens with zero attached hydrogens (tertiary/aromatic N) is 5. The second kappa shape index (κ2) is 5.98. The highest BCUT2D eigenvalue weighted by Gasteiger charge is 2.14. The van der Waals surface area contributed by atoms with Crippen LogP contribution in [0.15, 0.2) is 49.1 Å². The lowest BCUT2D eigenvalue weighted by atomic mass is 10.1. The van der Waals surface area contributed by atoms with Crippen LogP contribution in [0, 0.1) is 13.8 Å². The Morgan fingerprint density at radius 2 is 1.80 bits per heavy atom. The minimum atomic E-state index is 0.645. The van der Waals surface area contributed by atoms with E-state index in [0.29, 0.717) is 11.6 Å². The van der Waals surface area contributed by atoms with Gasteiger partial charge in [0.25, 0.3) is 0 Å². The molecule has 0 saturated carbocycles. The molecule has 3 aromatic heterocycles. The topological polar surface area (TPSA) is 68.5 Å². The fourth-order valence-corrected chi connectivity index (χ4v) is 2.72. The number of anilines is 2. The molecule has 124 valence electrons. The molecule has 1 aromatic carbocycles. The van der Waals surface area contributed by atoms with E-state index in [1.54, 1.807) is 18.7 Å². The second-order valence-electron chi connectivity index (χ2n) is 6.10. The maximum Gasteiger partial charge on any atom is 0.165 e. The standard InChI is InChI=1S/C19H18N6/c1-12-4-5-13(2)15(10-12)22-18-16-19(25(3)11-21-16)24-17(23-18)14-6-8-20-9-7-14/h4-11H,1-3H3,(H,22,23,24). The van der Waals surface area contributed by atoms with Crippen molar-refractivity contribution in [3.8, 4) is 11.4 Å². The maximum absolute atomic E-state index is 4.72. The van der Waals surface area contributed by atoms with Gasteiger partial charge in [-0.2, -0.15) is 0 Å². The minimum absolute atomic E-state index is 0.645. The number of hydrogen-bond donors (Lipinski definition) is 1. The van der Waals surface area contributed by atoms with Crippen LogP contribution in [-0.4, -0.2) is 24.5 Å². The summed E-state index contributed by atoms with van der Waals surface area (Å²) < 4.78 is 1.90. The quantitative estimate of drug-likeness (QED) is 0.619. The average Bonchev–Trinajstić information content (AvgIpc) is 3.00. The Bertz CT molecular complexity index is 1050. The van der Waals surface area contributed by atoms with Crippen molar-refractivity contribution in [3.63, 3.8) is 0 Å². The van der Waals surface area contributed by atoms with Crippen LogP contribution in [0.2, 0.25) is 0 Å². The van der Waals surface area contributed by atoms with Gasteiger partial charge in [-0.25, -0.2) is 15.0 Å². The Kier molecular flexibility index (Phi) is 3.65. The van der Waals surface area contributed by atoms with Gasteiger partial charge >= 0.3 is 0 Å². The lowest BCUT2D eigenvalue weighted by Gasteiger charge is -2.11. The van der Waals surface area contributed by atoms with E-state index in [1.165, 1.54) is 5.56 Å². The summed E-state index contributed by atoms with van der Waals surface area (Å²) in [4.78, 5) is 17.9. The van der Waals surface area contributed by atoms with E-state index in [2.05, 4.69) is 52.3 Å². The predicted octanol–water partition coefficient (Wildman–Crippen LogP) is 3.79. The van der Waals surface area contributed by atoms with Crippen molar-refractivity contribution in [2.45, 2.75) is 13.8 Å². The number of imidazole rings is 1. The summed E-state index contributed by atoms with van der Waals surface area (Å²) in [5, 5.41) is 3.44. The van der Waals surface area contributed by atoms with E-state index in [0.717, 1.165) is 28.0 Å². The average molecular weight is 330 g/mol. The molecule has 0 fully saturated rings. The number of nitrogens with one attached hydrogen (secondary N) is 1. The zero-order chi connectivity index (χ0) is 17.4. The molecule has 4 rings (SSSR count). The molecule has 0 radical (unpaired) electrons. The van der Waals surface area contributed by atoms with Crippen molar-refractivity contribution in [2.24, 2.45) is 7.05 Å². The molecule has 0 atom stereocenters. The van der Waals surface area contributed by atoms with Gasteiger partial charge in [-0.3, -0.25) is 4.98 Å². The van der Waals surface area contributed by atoms with Crippen LogP contribution in [-0.2, 0) is 7.05 Å². The highest BCUT2D eigenvalue weighted by atomic mass is 15.1. The van der Waals surface area contributed by atoms with Gasteiger partial charge < -0.3 is 9.88 Å². The molecule has 6 heteroatoms. The monoisotopic (exact) mass is 330 g/mol. The Labute approximate surface area is 145 Å². The molecule has 0 aliphatic heterocycles. The van der Waals surface area contributed by atoms with Gasteiger partial charge in [0.15, 0.2) is 22.8 Å². The first-order valence-electron chi connectivity index (χ1n) is 8.05. The van der Waals surface area contributed by atoms with Crippen molar-refractivity contribution < 1.29 is 0 Å². The fourth-order valence-electron chi connectivity index (χ4n) is 2.72. The third kappa shape index (κ3) is 2.82. The molecule has 1 N–H and O–H groups in total. The van der Waals surface area contributed by atoms with E-state index >= 15 is 0 Å². The number of rotatable bonds is 3. The molecule has 0 spiro atoms. The molecular formula is C19H18N6. The number of aromatic nitrogens is 5. The molecule has 0 saturated heterocycles. The summed E-state index contributed by atoms with van der Waals surface area (Å²) >= 11 is 0. The van der Waals surface area contributed by atoms with Gasteiger partial charge in [0.1, 0.15) is 0 Å². The second-order valence-corrected chi connectivity index (χ2v) is 6.10. The summed E-state index contributed by atoms with van der Waals surface area (Å²) in [5.41, 5.74) is 5.82. The third-order valence-electron chi connectivity index (χ3n) is 4.14. The zero-order valence-corrected chi connectivity index (χ0v) is 14.4. The van der Waals surface area contributed by atoms with E-state index in [-0.39, 0.29) is 0 Å². The summed E-state index contributed by atoms with van der Waals surface area (Å²) in [6, 6.07) is 10.1. The molecule has 0 aliphatic rings. The van der Waals surface area contributed by atoms with Gasteiger partial charge in [-0.1, -0.05) is 12.1 Å². The minimum Gasteiger partial charge on any atom is -0.338 e. The van der Waals surface area contributed by atoms with Gasteiger partial charge in [0, 0.05) is 30.7 Å². The van der Waals surface area contributed by atoms with Crippen LogP contribution < -0.4 is 5.32 Å². The first kappa shape index (κ1) is 15.3. The van der Waals surface area contributed by atoms with Crippen molar-refractivity contribution >= 4 is 22.7 Å². The molecule has 6 nitrogen and oxygen atoms in total. The Balaban J connectivity index is 1.89. The fraction of sp³-hybridized carbons (Fsp3) is 0.158. The Hall–Kier alpha value is -3.28. The summed E-state index contributed by atoms with van der Waals surface area (Å²) in [5.74, 6) is 1.34. The lowest BCUT2D eigenvalue weighted by molar-refractivity contribution is 0.929. The molecule has 4 aromatic rings. The van der Waals surface area contributed by atoms with Gasteiger partial charge in [-0.05, 0) is 43.2 Å². The Morgan fingerprint density at radius 3 is 2.60 bits per heavy atom. The van der Waals surface area contributed by atoms with Gasteiger partial charge in [0.05, 0.1) is 6.33 Å². The van der Waals surface area contributed by atoms with Crippen molar-refractivity contribution in [3.05, 3.63) is 60.2 Å². The summed E-state index contributed by atoms with van der Waals surface area (Å²) in [7, 11) is 1.93. The normalized spacial score (nSPS) is 11.0. The summed E-state index contributed by atoms with van der Waals surface area (Å²) in [6.07, 6.45) is 5.23. The number of benzene rings is 1. The number of hydrogen-bond acceptors (Lipinski definition) is 5. The number of pyridine rings is 1. The van der Waals surface area contributed by atoms with Crippen LogP contribution in [0.25, 0.3) is 22.6 Å². The number of aryl methyl sites for hydroxylation is 3. The predicted molar refractivity (Wildman–Crippen MR) is 98.7 cm³/mol. The zero-order valence-electron chi connectivity index (χ0n) is 14.4. The van der Waals surface area contributed by atoms with Crippen LogP contribution >= 0.6 is 0 Å². The largest absolute Gasteiger partial charge is 0.338 e. The molecule has 0 aliphatic carbocycles. The van der Waals surface area contributed by atoms with Crippen LogP contribution in [0.1, 0.15) is 11.1 Å². The third-order valence-corrected chi connectivity index (χ3v) is 4.14. The maximum atomic E-state index is 4.72. The smallest absolute Gasteiger partial charge is 0.165 e. The molecule has 0 unspecified atom stereocenters. The van der Waals surface area contributed by atoms with Crippen molar-refractivity contribution in [2.75, 3.05) is 5.32 Å². The first-order chi connectivity index (χ1) is 12.1. The first-order valence-corrected chi connectivity index (χ1v) is 8.05. The number of fused-ring (bicyclic) bond motifs is 1. The highest BCUT2D eigenvalue weighted by molar-refractivity contribution is 5.87. The molecule has 25 heavy (non-hydrogen) atoms. The molecule has 0 bridgehead atoms. The van der Waals surface area contributed by atoms with Crippen LogP contribution in [0.5, 0.6) is 0 Å². The Morgan fingerprint density at radius 1 is 1.00 bits per heavy atom. The van der Waals surface area contributed by atoms with E-state index < -0.39 is 0 Å². The van der Waals surface area contributed by atoms with Crippen LogP contribution in [0.4, 0.5) is 11.5 Å². The summed E-state index contributed by atoms with van der Waals surface area (Å²) in [6.45, 7) is 4.14. The van der Waals surface area contributed by atoms with E-state index in [4.69, 9.17) is 4.98 Å². The SMILES string of the molecule is Cc1ccc(C)c(Nc2nc(-c3ccncc3)nc3c2ncn3C)c1. The molecule has 0 amide bonds.